The van der Waals surface area contributed by atoms with Gasteiger partial charge >= 0.3 is 0 Å². The highest BCUT2D eigenvalue weighted by atomic mass is 35.7. The number of halogens is 1. The third kappa shape index (κ3) is 2.90. The lowest BCUT2D eigenvalue weighted by Crippen LogP contribution is -2.58. The molecule has 0 heterocycles. The molecule has 0 atom stereocenters. The third-order valence-electron chi connectivity index (χ3n) is 3.39. The summed E-state index contributed by atoms with van der Waals surface area (Å²) in [6, 6.07) is 21.9. The fourth-order valence-electron chi connectivity index (χ4n) is 2.67. The normalized spacial score (nSPS) is 11.8. The maximum absolute atomic E-state index is 8.60. The number of benzene rings is 4. The van der Waals surface area contributed by atoms with Gasteiger partial charge in [0, 0.05) is 0 Å². The van der Waals surface area contributed by atoms with E-state index < -0.39 is 10.2 Å². The van der Waals surface area contributed by atoms with Crippen molar-refractivity contribution in [1.82, 2.24) is 0 Å². The predicted molar refractivity (Wildman–Crippen MR) is 72.4 cm³/mol. The van der Waals surface area contributed by atoms with Crippen LogP contribution in [0.1, 0.15) is 0 Å². The van der Waals surface area contributed by atoms with Crippen molar-refractivity contribution in [2.75, 3.05) is 0 Å². The Morgan fingerprint density at radius 2 is 0.810 bits per heavy atom. The summed E-state index contributed by atoms with van der Waals surface area (Å²) < 4.78 is 32.7. The minimum atomic E-state index is -4.69. The van der Waals surface area contributed by atoms with Crippen LogP contribution >= 0.6 is 0 Å². The van der Waals surface area contributed by atoms with Crippen molar-refractivity contribution in [3.63, 3.8) is 0 Å². The highest BCUT2D eigenvalue weighted by molar-refractivity contribution is 6.22. The van der Waals surface area contributed by atoms with Crippen LogP contribution in [0.4, 0.5) is 0 Å². The van der Waals surface area contributed by atoms with Gasteiger partial charge in [0.25, 0.3) is 0 Å². The summed E-state index contributed by atoms with van der Waals surface area (Å²) in [4.78, 5) is 0. The van der Waals surface area contributed by atoms with Crippen molar-refractivity contribution >= 4 is 32.3 Å². The van der Waals surface area contributed by atoms with Crippen LogP contribution in [0.25, 0.3) is 32.3 Å². The van der Waals surface area contributed by atoms with Gasteiger partial charge in [-0.05, 0) is 32.3 Å². The standard InChI is InChI=1S/C16H10.ClHO4/c1-3-11-7-9-13-5-2-6-14-10-8-12(4-1)15(11)16(13)14;2-1(3,4)5/h1-10H;(H,2,3,4,5). The molecule has 0 unspecified atom stereocenters. The highest BCUT2D eigenvalue weighted by Crippen LogP contribution is 2.33. The first-order chi connectivity index (χ1) is 9.93. The Kier molecular flexibility index (Phi) is 3.41. The molecular weight excluding hydrogens is 292 g/mol. The first kappa shape index (κ1) is 14.0. The maximum Gasteiger partial charge on any atom is 0.0777 e. The van der Waals surface area contributed by atoms with Gasteiger partial charge in [-0.25, -0.2) is 0 Å². The van der Waals surface area contributed by atoms with Crippen LogP contribution in [-0.4, -0.2) is 4.66 Å². The third-order valence-corrected chi connectivity index (χ3v) is 3.39. The monoisotopic (exact) mass is 302 g/mol. The van der Waals surface area contributed by atoms with E-state index in [0.29, 0.717) is 0 Å². The van der Waals surface area contributed by atoms with Gasteiger partial charge in [0.15, 0.2) is 0 Å². The lowest BCUT2D eigenvalue weighted by atomic mass is 9.95. The van der Waals surface area contributed by atoms with Crippen LogP contribution in [0.15, 0.2) is 60.7 Å². The molecule has 0 spiro atoms. The van der Waals surface area contributed by atoms with Gasteiger partial charge in [0.2, 0.25) is 0 Å². The number of hydrogen-bond donors (Lipinski definition) is 1. The van der Waals surface area contributed by atoms with E-state index in [1.54, 1.807) is 0 Å². The molecule has 0 fully saturated rings. The molecule has 4 nitrogen and oxygen atoms in total. The van der Waals surface area contributed by atoms with Gasteiger partial charge in [-0.15, -0.1) is 0 Å². The second-order valence-electron chi connectivity index (χ2n) is 4.69. The van der Waals surface area contributed by atoms with Crippen molar-refractivity contribution in [2.45, 2.75) is 0 Å². The van der Waals surface area contributed by atoms with Gasteiger partial charge in [0.05, 0.1) is 14.9 Å². The molecule has 4 rings (SSSR count). The lowest BCUT2D eigenvalue weighted by molar-refractivity contribution is -1.92. The fraction of sp³-hybridized carbons (Fsp3) is 0. The Balaban J connectivity index is 0.000000233. The zero-order chi connectivity index (χ0) is 15.0. The maximum atomic E-state index is 8.60. The quantitative estimate of drug-likeness (QED) is 0.478. The Morgan fingerprint density at radius 3 is 1.05 bits per heavy atom. The van der Waals surface area contributed by atoms with Gasteiger partial charge < -0.3 is 0 Å². The summed E-state index contributed by atoms with van der Waals surface area (Å²) in [6.45, 7) is 0. The molecule has 0 amide bonds. The highest BCUT2D eigenvalue weighted by Gasteiger charge is 2.05. The molecular formula is C16H11ClO4. The average molecular weight is 303 g/mol. The zero-order valence-corrected chi connectivity index (χ0v) is 11.6. The van der Waals surface area contributed by atoms with Crippen LogP contribution in [0.2, 0.25) is 0 Å². The molecule has 0 saturated heterocycles. The Bertz CT molecular complexity index is 763. The van der Waals surface area contributed by atoms with Crippen molar-refractivity contribution in [1.29, 1.82) is 0 Å². The molecule has 0 saturated carbocycles. The Hall–Kier alpha value is -1.95. The summed E-state index contributed by atoms with van der Waals surface area (Å²) in [6.07, 6.45) is 0. The zero-order valence-electron chi connectivity index (χ0n) is 10.8. The van der Waals surface area contributed by atoms with Crippen molar-refractivity contribution in [3.05, 3.63) is 60.7 Å². The molecule has 0 aliphatic carbocycles. The van der Waals surface area contributed by atoms with E-state index in [1.165, 1.54) is 32.3 Å². The summed E-state index contributed by atoms with van der Waals surface area (Å²) in [5.74, 6) is 0. The number of rotatable bonds is 0. The van der Waals surface area contributed by atoms with Crippen molar-refractivity contribution < 1.29 is 28.9 Å². The first-order valence-corrected chi connectivity index (χ1v) is 7.46. The predicted octanol–water partition coefficient (Wildman–Crippen LogP) is 0.460. The van der Waals surface area contributed by atoms with E-state index in [1.807, 2.05) is 0 Å². The van der Waals surface area contributed by atoms with Gasteiger partial charge in [-0.1, -0.05) is 60.7 Å². The Labute approximate surface area is 122 Å². The van der Waals surface area contributed by atoms with Crippen LogP contribution in [-0.2, 0) is 0 Å². The first-order valence-electron chi connectivity index (χ1n) is 6.19. The summed E-state index contributed by atoms with van der Waals surface area (Å²) >= 11 is 0. The molecule has 106 valence electrons. The van der Waals surface area contributed by atoms with Crippen molar-refractivity contribution in [2.24, 2.45) is 0 Å². The summed E-state index contributed by atoms with van der Waals surface area (Å²) in [5.41, 5.74) is 0. The van der Waals surface area contributed by atoms with E-state index in [2.05, 4.69) is 60.7 Å². The molecule has 0 aliphatic heterocycles. The largest absolute Gasteiger partial charge is 0.183 e. The van der Waals surface area contributed by atoms with E-state index in [4.69, 9.17) is 18.6 Å². The molecule has 0 bridgehead atoms. The molecule has 1 N–H and O–H groups in total. The van der Waals surface area contributed by atoms with Gasteiger partial charge in [-0.2, -0.15) is 14.0 Å². The van der Waals surface area contributed by atoms with Gasteiger partial charge in [-0.3, -0.25) is 0 Å². The molecule has 0 radical (unpaired) electrons. The van der Waals surface area contributed by atoms with Gasteiger partial charge in [0.1, 0.15) is 0 Å². The molecule has 4 aromatic rings. The topological polar surface area (TPSA) is 89.4 Å². The Morgan fingerprint density at radius 1 is 0.571 bits per heavy atom. The summed E-state index contributed by atoms with van der Waals surface area (Å²) in [5, 5.41) is 8.14. The fourth-order valence-corrected chi connectivity index (χ4v) is 2.67. The average Bonchev–Trinajstić information content (AvgIpc) is 2.43. The molecule has 0 aliphatic rings. The van der Waals surface area contributed by atoms with Crippen LogP contribution < -0.4 is 14.0 Å². The second-order valence-corrected chi connectivity index (χ2v) is 5.48. The number of hydrogen-bond acceptors (Lipinski definition) is 4. The molecule has 5 heteroatoms. The van der Waals surface area contributed by atoms with E-state index in [-0.39, 0.29) is 0 Å². The minimum absolute atomic E-state index is 1.34. The van der Waals surface area contributed by atoms with E-state index >= 15 is 0 Å². The van der Waals surface area contributed by atoms with E-state index in [0.717, 1.165) is 0 Å². The van der Waals surface area contributed by atoms with Crippen LogP contribution in [0.3, 0.4) is 0 Å². The van der Waals surface area contributed by atoms with Crippen LogP contribution in [0, 0.1) is 10.2 Å². The lowest BCUT2D eigenvalue weighted by Gasteiger charge is -2.09. The van der Waals surface area contributed by atoms with E-state index in [9.17, 15) is 0 Å². The smallest absolute Gasteiger partial charge is 0.0777 e. The molecule has 21 heavy (non-hydrogen) atoms. The van der Waals surface area contributed by atoms with Crippen molar-refractivity contribution in [3.8, 4) is 0 Å². The summed E-state index contributed by atoms with van der Waals surface area (Å²) in [7, 11) is -4.69. The molecule has 0 aromatic heterocycles. The minimum Gasteiger partial charge on any atom is -0.183 e. The van der Waals surface area contributed by atoms with Crippen LogP contribution in [0.5, 0.6) is 0 Å². The SMILES string of the molecule is [O-][Cl+3]([O-])([O-])O.c1cc2ccc3cccc4ccc(c1)c2c34. The second kappa shape index (κ2) is 5.11. The molecule has 4 aromatic carbocycles.